The summed E-state index contributed by atoms with van der Waals surface area (Å²) < 4.78 is 5.57. The zero-order valence-electron chi connectivity index (χ0n) is 13.3. The van der Waals surface area contributed by atoms with Crippen LogP contribution in [0.4, 0.5) is 5.82 Å². The normalized spacial score (nSPS) is 17.8. The van der Waals surface area contributed by atoms with Crippen LogP contribution >= 0.6 is 0 Å². The van der Waals surface area contributed by atoms with Crippen molar-refractivity contribution in [3.63, 3.8) is 0 Å². The molecule has 1 aliphatic rings. The van der Waals surface area contributed by atoms with Crippen molar-refractivity contribution in [2.75, 3.05) is 5.73 Å². The van der Waals surface area contributed by atoms with Crippen LogP contribution in [0.3, 0.4) is 0 Å². The van der Waals surface area contributed by atoms with Gasteiger partial charge >= 0.3 is 0 Å². The summed E-state index contributed by atoms with van der Waals surface area (Å²) in [6.45, 7) is 6.81. The maximum Gasteiger partial charge on any atom is 0.142 e. The third-order valence-corrected chi connectivity index (χ3v) is 4.70. The number of aromatic nitrogens is 1. The number of nitrogens with zero attached hydrogens (tertiary/aromatic N) is 2. The highest BCUT2D eigenvalue weighted by Crippen LogP contribution is 2.42. The minimum Gasteiger partial charge on any atom is -0.464 e. The van der Waals surface area contributed by atoms with Gasteiger partial charge < -0.3 is 10.2 Å². The molecule has 0 bridgehead atoms. The Bertz CT molecular complexity index is 733. The van der Waals surface area contributed by atoms with E-state index in [9.17, 15) is 5.26 Å². The van der Waals surface area contributed by atoms with E-state index in [1.165, 1.54) is 0 Å². The van der Waals surface area contributed by atoms with Crippen LogP contribution in [0.15, 0.2) is 22.8 Å². The first-order valence-electron chi connectivity index (χ1n) is 7.67. The van der Waals surface area contributed by atoms with E-state index >= 15 is 0 Å². The predicted molar refractivity (Wildman–Crippen MR) is 86.0 cm³/mol. The highest BCUT2D eigenvalue weighted by atomic mass is 16.3. The number of nitrogens with two attached hydrogens (primary N) is 1. The van der Waals surface area contributed by atoms with E-state index in [1.807, 2.05) is 12.1 Å². The number of pyridine rings is 1. The van der Waals surface area contributed by atoms with E-state index in [0.717, 1.165) is 36.1 Å². The van der Waals surface area contributed by atoms with E-state index in [1.54, 1.807) is 6.26 Å². The van der Waals surface area contributed by atoms with Crippen molar-refractivity contribution in [2.24, 2.45) is 11.3 Å². The number of furan rings is 1. The topological polar surface area (TPSA) is 75.8 Å². The highest BCUT2D eigenvalue weighted by Gasteiger charge is 2.32. The number of nitrogen functional groups attached to an aromatic ring is 1. The van der Waals surface area contributed by atoms with Crippen LogP contribution < -0.4 is 5.73 Å². The molecule has 3 rings (SSSR count). The molecular formula is C18H21N3O. The molecule has 4 heteroatoms. The third kappa shape index (κ3) is 2.37. The first kappa shape index (κ1) is 14.6. The molecule has 1 atom stereocenters. The lowest BCUT2D eigenvalue weighted by atomic mass is 9.70. The van der Waals surface area contributed by atoms with Crippen molar-refractivity contribution in [1.82, 2.24) is 4.98 Å². The second-order valence-electron chi connectivity index (χ2n) is 7.07. The van der Waals surface area contributed by atoms with Crippen LogP contribution in [0.25, 0.3) is 11.3 Å². The van der Waals surface area contributed by atoms with Crippen LogP contribution in [0.2, 0.25) is 0 Å². The van der Waals surface area contributed by atoms with Gasteiger partial charge in [-0.15, -0.1) is 0 Å². The first-order chi connectivity index (χ1) is 10.4. The number of anilines is 1. The summed E-state index contributed by atoms with van der Waals surface area (Å²) in [5.41, 5.74) is 9.65. The Labute approximate surface area is 131 Å². The zero-order valence-corrected chi connectivity index (χ0v) is 13.3. The molecule has 0 saturated heterocycles. The summed E-state index contributed by atoms with van der Waals surface area (Å²) in [4.78, 5) is 4.49. The van der Waals surface area contributed by atoms with Gasteiger partial charge in [-0.1, -0.05) is 20.8 Å². The molecule has 1 unspecified atom stereocenters. The smallest absolute Gasteiger partial charge is 0.142 e. The second kappa shape index (κ2) is 5.17. The van der Waals surface area contributed by atoms with Gasteiger partial charge in [-0.3, -0.25) is 0 Å². The van der Waals surface area contributed by atoms with E-state index in [0.29, 0.717) is 23.1 Å². The van der Waals surface area contributed by atoms with E-state index in [4.69, 9.17) is 10.2 Å². The SMILES string of the molecule is CC(C)(C)C1CCc2nc(N)c(C#N)c(-c3ccco3)c2C1. The van der Waals surface area contributed by atoms with Crippen LogP contribution in [0, 0.1) is 22.7 Å². The molecule has 2 aromatic rings. The molecule has 2 heterocycles. The summed E-state index contributed by atoms with van der Waals surface area (Å²) >= 11 is 0. The van der Waals surface area contributed by atoms with Gasteiger partial charge in [0.25, 0.3) is 0 Å². The highest BCUT2D eigenvalue weighted by molar-refractivity contribution is 5.76. The fourth-order valence-corrected chi connectivity index (χ4v) is 3.32. The molecule has 0 spiro atoms. The molecule has 2 N–H and O–H groups in total. The summed E-state index contributed by atoms with van der Waals surface area (Å²) in [5.74, 6) is 1.57. The number of aryl methyl sites for hydroxylation is 1. The molecule has 22 heavy (non-hydrogen) atoms. The molecular weight excluding hydrogens is 274 g/mol. The summed E-state index contributed by atoms with van der Waals surface area (Å²) in [6.07, 6.45) is 4.55. The molecule has 1 aliphatic carbocycles. The van der Waals surface area contributed by atoms with E-state index in [-0.39, 0.29) is 5.41 Å². The Morgan fingerprint density at radius 1 is 1.41 bits per heavy atom. The number of hydrogen-bond donors (Lipinski definition) is 1. The maximum absolute atomic E-state index is 9.51. The van der Waals surface area contributed by atoms with Gasteiger partial charge in [0.05, 0.1) is 6.26 Å². The average molecular weight is 295 g/mol. The van der Waals surface area contributed by atoms with Gasteiger partial charge in [0, 0.05) is 11.3 Å². The standard InChI is InChI=1S/C18H21N3O/c1-18(2,3)11-6-7-14-12(9-11)16(15-5-4-8-22-15)13(10-19)17(20)21-14/h4-5,8,11H,6-7,9H2,1-3H3,(H2,20,21). The molecule has 2 aromatic heterocycles. The lowest BCUT2D eigenvalue weighted by Crippen LogP contribution is -2.28. The van der Waals surface area contributed by atoms with E-state index in [2.05, 4.69) is 31.8 Å². The fourth-order valence-electron chi connectivity index (χ4n) is 3.32. The molecule has 0 amide bonds. The Kier molecular flexibility index (Phi) is 3.44. The molecule has 0 fully saturated rings. The molecule has 0 aliphatic heterocycles. The number of fused-ring (bicyclic) bond motifs is 1. The molecule has 114 valence electrons. The first-order valence-corrected chi connectivity index (χ1v) is 7.67. The van der Waals surface area contributed by atoms with Crippen molar-refractivity contribution < 1.29 is 4.42 Å². The van der Waals surface area contributed by atoms with E-state index < -0.39 is 0 Å². The molecule has 0 saturated carbocycles. The van der Waals surface area contributed by atoms with Gasteiger partial charge in [0.15, 0.2) is 0 Å². The van der Waals surface area contributed by atoms with Gasteiger partial charge in [-0.25, -0.2) is 4.98 Å². The fraction of sp³-hybridized carbons (Fsp3) is 0.444. The van der Waals surface area contributed by atoms with Crippen LogP contribution in [0.5, 0.6) is 0 Å². The molecule has 4 nitrogen and oxygen atoms in total. The minimum absolute atomic E-state index is 0.228. The number of rotatable bonds is 1. The Morgan fingerprint density at radius 3 is 2.77 bits per heavy atom. The van der Waals surface area contributed by atoms with Gasteiger partial charge in [-0.2, -0.15) is 5.26 Å². The van der Waals surface area contributed by atoms with Crippen LogP contribution in [-0.2, 0) is 12.8 Å². The average Bonchev–Trinajstić information content (AvgIpc) is 2.98. The van der Waals surface area contributed by atoms with Gasteiger partial charge in [0.1, 0.15) is 23.2 Å². The van der Waals surface area contributed by atoms with Gasteiger partial charge in [-0.05, 0) is 48.3 Å². The summed E-state index contributed by atoms with van der Waals surface area (Å²) in [5, 5.41) is 9.51. The lowest BCUT2D eigenvalue weighted by Gasteiger charge is -2.35. The van der Waals surface area contributed by atoms with Crippen molar-refractivity contribution in [2.45, 2.75) is 40.0 Å². The summed E-state index contributed by atoms with van der Waals surface area (Å²) in [7, 11) is 0. The zero-order chi connectivity index (χ0) is 15.9. The summed E-state index contributed by atoms with van der Waals surface area (Å²) in [6, 6.07) is 5.93. The van der Waals surface area contributed by atoms with Gasteiger partial charge in [0.2, 0.25) is 0 Å². The Balaban J connectivity index is 2.20. The molecule has 0 radical (unpaired) electrons. The van der Waals surface area contributed by atoms with Crippen molar-refractivity contribution >= 4 is 5.82 Å². The van der Waals surface area contributed by atoms with Crippen molar-refractivity contribution in [3.05, 3.63) is 35.2 Å². The molecule has 0 aromatic carbocycles. The van der Waals surface area contributed by atoms with Crippen molar-refractivity contribution in [3.8, 4) is 17.4 Å². The largest absolute Gasteiger partial charge is 0.464 e. The van der Waals surface area contributed by atoms with Crippen LogP contribution in [0.1, 0.15) is 44.0 Å². The predicted octanol–water partition coefficient (Wildman–Crippen LogP) is 3.95. The quantitative estimate of drug-likeness (QED) is 0.864. The monoisotopic (exact) mass is 295 g/mol. The van der Waals surface area contributed by atoms with Crippen molar-refractivity contribution in [1.29, 1.82) is 5.26 Å². The number of nitriles is 1. The Morgan fingerprint density at radius 2 is 2.18 bits per heavy atom. The Hall–Kier alpha value is -2.28. The minimum atomic E-state index is 0.228. The lowest BCUT2D eigenvalue weighted by molar-refractivity contribution is 0.215. The number of hydrogen-bond acceptors (Lipinski definition) is 4. The van der Waals surface area contributed by atoms with Crippen LogP contribution in [-0.4, -0.2) is 4.98 Å². The second-order valence-corrected chi connectivity index (χ2v) is 7.07. The maximum atomic E-state index is 9.51. The third-order valence-electron chi connectivity index (χ3n) is 4.70.